The molecule has 4 rings (SSSR count). The number of benzene rings is 2. The van der Waals surface area contributed by atoms with Crippen molar-refractivity contribution >= 4 is 22.8 Å². The lowest BCUT2D eigenvalue weighted by atomic mass is 10.1. The van der Waals surface area contributed by atoms with E-state index < -0.39 is 0 Å². The van der Waals surface area contributed by atoms with Crippen LogP contribution in [-0.2, 0) is 11.2 Å². The molecular formula is C29H36N6O3. The fraction of sp³-hybridized carbons (Fsp3) is 0.345. The number of amides is 1. The molecule has 5 N–H and O–H groups in total. The minimum atomic E-state index is -0.319. The largest absolute Gasteiger partial charge is 0.492 e. The monoisotopic (exact) mass is 516 g/mol. The van der Waals surface area contributed by atoms with Crippen LogP contribution in [0.15, 0.2) is 67.0 Å². The quantitative estimate of drug-likeness (QED) is 0.0830. The summed E-state index contributed by atoms with van der Waals surface area (Å²) in [5, 5.41) is 16.3. The van der Waals surface area contributed by atoms with Crippen LogP contribution in [0.5, 0.6) is 5.75 Å². The molecule has 0 fully saturated rings. The van der Waals surface area contributed by atoms with E-state index in [2.05, 4.69) is 55.9 Å². The number of hydrogen-bond acceptors (Lipinski definition) is 7. The Labute approximate surface area is 223 Å². The molecule has 2 aromatic heterocycles. The molecule has 0 aliphatic heterocycles. The van der Waals surface area contributed by atoms with E-state index >= 15 is 0 Å². The van der Waals surface area contributed by atoms with Gasteiger partial charge in [0.2, 0.25) is 5.91 Å². The average molecular weight is 517 g/mol. The molecule has 0 aliphatic rings. The number of rotatable bonds is 16. The first-order valence-electron chi connectivity index (χ1n) is 13.2. The number of hydroxylamine groups is 1. The smallest absolute Gasteiger partial charge is 0.243 e. The Balaban J connectivity index is 1.19. The van der Waals surface area contributed by atoms with Crippen molar-refractivity contribution in [1.29, 1.82) is 0 Å². The zero-order valence-corrected chi connectivity index (χ0v) is 21.6. The minimum absolute atomic E-state index is 0.319. The van der Waals surface area contributed by atoms with Crippen molar-refractivity contribution in [1.82, 2.24) is 25.7 Å². The number of carbonyl (C=O) groups is 1. The number of unbranched alkanes of at least 4 members (excludes halogenated alkanes) is 3. The highest BCUT2D eigenvalue weighted by Crippen LogP contribution is 2.28. The Bertz CT molecular complexity index is 1260. The number of aromatic nitrogens is 3. The van der Waals surface area contributed by atoms with Crippen LogP contribution in [0.25, 0.3) is 22.3 Å². The maximum Gasteiger partial charge on any atom is 0.243 e. The maximum absolute atomic E-state index is 10.9. The zero-order chi connectivity index (χ0) is 26.4. The topological polar surface area (TPSA) is 124 Å². The molecule has 4 aromatic rings. The van der Waals surface area contributed by atoms with Gasteiger partial charge in [0.05, 0.1) is 5.39 Å². The van der Waals surface area contributed by atoms with Crippen LogP contribution in [0.3, 0.4) is 0 Å². The SMILES string of the molecule is O=C(CCCCCCNCCOc1ccc(-c2cc3c(NCCc4ccccc4)ncnc3[nH]2)cc1)NO. The average Bonchev–Trinajstić information content (AvgIpc) is 3.40. The Hall–Kier alpha value is -3.95. The summed E-state index contributed by atoms with van der Waals surface area (Å²) in [5.41, 5.74) is 5.79. The van der Waals surface area contributed by atoms with Gasteiger partial charge in [0.15, 0.2) is 0 Å². The number of nitrogens with one attached hydrogen (secondary N) is 4. The van der Waals surface area contributed by atoms with E-state index in [1.54, 1.807) is 11.8 Å². The highest BCUT2D eigenvalue weighted by Gasteiger charge is 2.10. The molecular weight excluding hydrogens is 480 g/mol. The number of ether oxygens (including phenoxy) is 1. The van der Waals surface area contributed by atoms with Crippen LogP contribution in [0.1, 0.15) is 37.7 Å². The number of carbonyl (C=O) groups excluding carboxylic acids is 1. The molecule has 0 radical (unpaired) electrons. The van der Waals surface area contributed by atoms with Crippen molar-refractivity contribution in [3.8, 4) is 17.0 Å². The van der Waals surface area contributed by atoms with Gasteiger partial charge in [-0.1, -0.05) is 43.2 Å². The molecule has 0 saturated heterocycles. The highest BCUT2D eigenvalue weighted by molar-refractivity contribution is 5.91. The first kappa shape index (κ1) is 27.1. The Morgan fingerprint density at radius 2 is 1.74 bits per heavy atom. The lowest BCUT2D eigenvalue weighted by Gasteiger charge is -2.08. The molecule has 2 aromatic carbocycles. The Morgan fingerprint density at radius 1 is 0.921 bits per heavy atom. The number of fused-ring (bicyclic) bond motifs is 1. The van der Waals surface area contributed by atoms with Crippen LogP contribution >= 0.6 is 0 Å². The van der Waals surface area contributed by atoms with Gasteiger partial charge < -0.3 is 20.4 Å². The summed E-state index contributed by atoms with van der Waals surface area (Å²) in [6.07, 6.45) is 6.76. The molecule has 0 atom stereocenters. The molecule has 2 heterocycles. The maximum atomic E-state index is 10.9. The number of anilines is 1. The van der Waals surface area contributed by atoms with Gasteiger partial charge in [0.25, 0.3) is 0 Å². The molecule has 200 valence electrons. The molecule has 0 aliphatic carbocycles. The van der Waals surface area contributed by atoms with E-state index in [9.17, 15) is 4.79 Å². The summed E-state index contributed by atoms with van der Waals surface area (Å²) < 4.78 is 5.87. The second kappa shape index (κ2) is 14.7. The Kier molecular flexibility index (Phi) is 10.5. The summed E-state index contributed by atoms with van der Waals surface area (Å²) in [6.45, 7) is 3.08. The molecule has 0 bridgehead atoms. The van der Waals surface area contributed by atoms with Gasteiger partial charge in [-0.2, -0.15) is 0 Å². The third-order valence-electron chi connectivity index (χ3n) is 6.32. The summed E-state index contributed by atoms with van der Waals surface area (Å²) in [5.74, 6) is 1.34. The second-order valence-corrected chi connectivity index (χ2v) is 9.15. The molecule has 38 heavy (non-hydrogen) atoms. The number of nitrogens with zero attached hydrogens (tertiary/aromatic N) is 2. The number of hydrogen-bond donors (Lipinski definition) is 5. The van der Waals surface area contributed by atoms with Gasteiger partial charge >= 0.3 is 0 Å². The first-order valence-corrected chi connectivity index (χ1v) is 13.2. The van der Waals surface area contributed by atoms with Gasteiger partial charge in [-0.15, -0.1) is 0 Å². The minimum Gasteiger partial charge on any atom is -0.492 e. The second-order valence-electron chi connectivity index (χ2n) is 9.15. The third kappa shape index (κ3) is 8.29. The van der Waals surface area contributed by atoms with E-state index in [1.807, 2.05) is 30.3 Å². The molecule has 9 nitrogen and oxygen atoms in total. The van der Waals surface area contributed by atoms with E-state index in [1.165, 1.54) is 5.56 Å². The van der Waals surface area contributed by atoms with E-state index in [0.29, 0.717) is 13.0 Å². The molecule has 0 unspecified atom stereocenters. The zero-order valence-electron chi connectivity index (χ0n) is 21.6. The standard InChI is InChI=1S/C29H36N6O3/c36-27(35-37)10-6-1-2-7-16-30-18-19-38-24-13-11-23(12-14-24)26-20-25-28(32-21-33-29(25)34-26)31-17-15-22-8-4-3-5-9-22/h3-5,8-9,11-14,20-21,30,37H,1-2,6-7,10,15-19H2,(H,35,36)(H2,31,32,33,34). The van der Waals surface area contributed by atoms with E-state index in [0.717, 1.165) is 85.6 Å². The summed E-state index contributed by atoms with van der Waals surface area (Å²) in [4.78, 5) is 23.2. The van der Waals surface area contributed by atoms with Crippen LogP contribution < -0.4 is 20.9 Å². The van der Waals surface area contributed by atoms with Crippen molar-refractivity contribution in [3.05, 3.63) is 72.6 Å². The van der Waals surface area contributed by atoms with Gasteiger partial charge in [0, 0.05) is 25.2 Å². The van der Waals surface area contributed by atoms with Crippen molar-refractivity contribution in [2.24, 2.45) is 0 Å². The van der Waals surface area contributed by atoms with Gasteiger partial charge in [-0.3, -0.25) is 10.0 Å². The van der Waals surface area contributed by atoms with E-state index in [-0.39, 0.29) is 5.91 Å². The van der Waals surface area contributed by atoms with Crippen LogP contribution in [0.4, 0.5) is 5.82 Å². The van der Waals surface area contributed by atoms with Crippen molar-refractivity contribution in [3.63, 3.8) is 0 Å². The van der Waals surface area contributed by atoms with Crippen molar-refractivity contribution in [2.75, 3.05) is 31.6 Å². The highest BCUT2D eigenvalue weighted by atomic mass is 16.5. The molecule has 0 spiro atoms. The number of aromatic amines is 1. The van der Waals surface area contributed by atoms with Crippen LogP contribution in [0, 0.1) is 0 Å². The first-order chi connectivity index (χ1) is 18.7. The summed E-state index contributed by atoms with van der Waals surface area (Å²) in [6, 6.07) is 20.5. The summed E-state index contributed by atoms with van der Waals surface area (Å²) in [7, 11) is 0. The molecule has 9 heteroatoms. The summed E-state index contributed by atoms with van der Waals surface area (Å²) >= 11 is 0. The van der Waals surface area contributed by atoms with E-state index in [4.69, 9.17) is 9.94 Å². The predicted octanol–water partition coefficient (Wildman–Crippen LogP) is 4.70. The van der Waals surface area contributed by atoms with Crippen molar-refractivity contribution < 1.29 is 14.7 Å². The fourth-order valence-corrected chi connectivity index (χ4v) is 4.25. The van der Waals surface area contributed by atoms with Crippen molar-refractivity contribution in [2.45, 2.75) is 38.5 Å². The lowest BCUT2D eigenvalue weighted by molar-refractivity contribution is -0.129. The molecule has 1 amide bonds. The van der Waals surface area contributed by atoms with Crippen LogP contribution in [0.2, 0.25) is 0 Å². The fourth-order valence-electron chi connectivity index (χ4n) is 4.25. The Morgan fingerprint density at radius 3 is 2.55 bits per heavy atom. The van der Waals surface area contributed by atoms with Gasteiger partial charge in [-0.05, 0) is 67.3 Å². The predicted molar refractivity (Wildman–Crippen MR) is 149 cm³/mol. The van der Waals surface area contributed by atoms with Gasteiger partial charge in [0.1, 0.15) is 30.1 Å². The van der Waals surface area contributed by atoms with Gasteiger partial charge in [-0.25, -0.2) is 15.4 Å². The lowest BCUT2D eigenvalue weighted by Crippen LogP contribution is -2.22. The van der Waals surface area contributed by atoms with Crippen LogP contribution in [-0.4, -0.2) is 52.3 Å². The normalized spacial score (nSPS) is 11.0. The molecule has 0 saturated carbocycles. The third-order valence-corrected chi connectivity index (χ3v) is 6.32. The number of H-pyrrole nitrogens is 1.